The largest absolute Gasteiger partial charge is 0.364 e. The van der Waals surface area contributed by atoms with E-state index in [9.17, 15) is 0 Å². The van der Waals surface area contributed by atoms with Gasteiger partial charge in [0.05, 0.1) is 5.69 Å². The first kappa shape index (κ1) is 12.7. The molecule has 0 spiro atoms. The average Bonchev–Trinajstić information content (AvgIpc) is 3.10. The number of rotatable bonds is 5. The van der Waals surface area contributed by atoms with Gasteiger partial charge in [-0.05, 0) is 53.4 Å². The first-order valence-electron chi connectivity index (χ1n) is 6.06. The first-order valence-corrected chi connectivity index (χ1v) is 6.85. The van der Waals surface area contributed by atoms with Crippen molar-refractivity contribution in [3.8, 4) is 0 Å². The molecule has 1 aliphatic carbocycles. The third-order valence-electron chi connectivity index (χ3n) is 3.12. The van der Waals surface area contributed by atoms with Gasteiger partial charge in [-0.25, -0.2) is 0 Å². The fourth-order valence-corrected chi connectivity index (χ4v) is 2.63. The number of benzene rings is 1. The van der Waals surface area contributed by atoms with Crippen LogP contribution in [0.25, 0.3) is 0 Å². The predicted molar refractivity (Wildman–Crippen MR) is 77.3 cm³/mol. The van der Waals surface area contributed by atoms with E-state index in [-0.39, 0.29) is 6.04 Å². The van der Waals surface area contributed by atoms with Crippen LogP contribution < -0.4 is 10.6 Å². The molecule has 2 rings (SSSR count). The molecule has 0 unspecified atom stereocenters. The van der Waals surface area contributed by atoms with Gasteiger partial charge in [0.25, 0.3) is 0 Å². The Morgan fingerprint density at radius 3 is 2.76 bits per heavy atom. The molecule has 1 aromatic carbocycles. The van der Waals surface area contributed by atoms with Crippen LogP contribution in [-0.4, -0.2) is 12.6 Å². The maximum Gasteiger partial charge on any atom is 0.0516 e. The summed E-state index contributed by atoms with van der Waals surface area (Å²) < 4.78 is 1.13. The van der Waals surface area contributed by atoms with E-state index in [4.69, 9.17) is 5.73 Å². The molecule has 1 aromatic rings. The van der Waals surface area contributed by atoms with Crippen LogP contribution in [-0.2, 0) is 0 Å². The molecule has 2 nitrogen and oxygen atoms in total. The van der Waals surface area contributed by atoms with E-state index in [2.05, 4.69) is 45.6 Å². The summed E-state index contributed by atoms with van der Waals surface area (Å²) in [6.45, 7) is 6.74. The van der Waals surface area contributed by atoms with Crippen molar-refractivity contribution in [2.75, 3.05) is 11.4 Å². The molecular formula is C14H19BrN2. The molecule has 2 N–H and O–H groups in total. The lowest BCUT2D eigenvalue weighted by molar-refractivity contribution is 0.813. The Bertz CT molecular complexity index is 411. The second-order valence-electron chi connectivity index (χ2n) is 4.67. The summed E-state index contributed by atoms with van der Waals surface area (Å²) in [5.41, 5.74) is 8.30. The molecule has 0 amide bonds. The monoisotopic (exact) mass is 294 g/mol. The summed E-state index contributed by atoms with van der Waals surface area (Å²) in [6.07, 6.45) is 4.54. The van der Waals surface area contributed by atoms with Crippen LogP contribution in [0.15, 0.2) is 35.3 Å². The lowest BCUT2D eigenvalue weighted by Gasteiger charge is -2.25. The van der Waals surface area contributed by atoms with Crippen molar-refractivity contribution in [2.45, 2.75) is 31.8 Å². The second-order valence-corrected chi connectivity index (χ2v) is 5.53. The zero-order chi connectivity index (χ0) is 12.4. The zero-order valence-corrected chi connectivity index (χ0v) is 11.8. The number of hydrogen-bond donors (Lipinski definition) is 1. The minimum Gasteiger partial charge on any atom is -0.364 e. The number of anilines is 1. The minimum absolute atomic E-state index is 0.0779. The van der Waals surface area contributed by atoms with Gasteiger partial charge in [0.2, 0.25) is 0 Å². The van der Waals surface area contributed by atoms with Crippen LogP contribution in [0.1, 0.15) is 31.4 Å². The van der Waals surface area contributed by atoms with Gasteiger partial charge in [0, 0.05) is 23.1 Å². The Balaban J connectivity index is 2.27. The van der Waals surface area contributed by atoms with E-state index < -0.39 is 0 Å². The number of halogens is 1. The second kappa shape index (κ2) is 5.23. The van der Waals surface area contributed by atoms with Crippen molar-refractivity contribution in [3.05, 3.63) is 40.9 Å². The third-order valence-corrected chi connectivity index (χ3v) is 3.76. The van der Waals surface area contributed by atoms with Crippen molar-refractivity contribution in [1.29, 1.82) is 0 Å². The number of nitrogens with zero attached hydrogens (tertiary/aromatic N) is 1. The molecule has 0 aromatic heterocycles. The Morgan fingerprint density at radius 2 is 2.29 bits per heavy atom. The van der Waals surface area contributed by atoms with Crippen molar-refractivity contribution < 1.29 is 0 Å². The first-order chi connectivity index (χ1) is 8.13. The summed E-state index contributed by atoms with van der Waals surface area (Å²) in [7, 11) is 0. The highest BCUT2D eigenvalue weighted by molar-refractivity contribution is 9.10. The molecule has 17 heavy (non-hydrogen) atoms. The highest BCUT2D eigenvalue weighted by atomic mass is 79.9. The molecule has 1 aliphatic rings. The third kappa shape index (κ3) is 2.90. The van der Waals surface area contributed by atoms with Gasteiger partial charge in [-0.15, -0.1) is 6.58 Å². The van der Waals surface area contributed by atoms with Gasteiger partial charge in [0.1, 0.15) is 0 Å². The summed E-state index contributed by atoms with van der Waals surface area (Å²) >= 11 is 3.65. The van der Waals surface area contributed by atoms with Crippen molar-refractivity contribution in [1.82, 2.24) is 0 Å². The van der Waals surface area contributed by atoms with Crippen LogP contribution in [0.3, 0.4) is 0 Å². The van der Waals surface area contributed by atoms with Crippen molar-refractivity contribution in [3.63, 3.8) is 0 Å². The molecule has 3 heteroatoms. The summed E-state index contributed by atoms with van der Waals surface area (Å²) in [5, 5.41) is 0. The fraction of sp³-hybridized carbons (Fsp3) is 0.429. The minimum atomic E-state index is 0.0779. The maximum atomic E-state index is 5.89. The molecule has 1 fully saturated rings. The lowest BCUT2D eigenvalue weighted by Crippen LogP contribution is -2.26. The molecule has 0 bridgehead atoms. The van der Waals surface area contributed by atoms with Crippen LogP contribution >= 0.6 is 15.9 Å². The van der Waals surface area contributed by atoms with Crippen molar-refractivity contribution in [2.24, 2.45) is 5.73 Å². The Morgan fingerprint density at radius 1 is 1.59 bits per heavy atom. The highest BCUT2D eigenvalue weighted by Crippen LogP contribution is 2.36. The Hall–Kier alpha value is -0.800. The molecule has 1 saturated carbocycles. The Kier molecular flexibility index (Phi) is 3.89. The molecule has 92 valence electrons. The van der Waals surface area contributed by atoms with Gasteiger partial charge < -0.3 is 10.6 Å². The maximum absolute atomic E-state index is 5.89. The number of hydrogen-bond acceptors (Lipinski definition) is 2. The zero-order valence-electron chi connectivity index (χ0n) is 10.2. The molecule has 0 saturated heterocycles. The highest BCUT2D eigenvalue weighted by Gasteiger charge is 2.29. The van der Waals surface area contributed by atoms with Crippen LogP contribution in [0.5, 0.6) is 0 Å². The fourth-order valence-electron chi connectivity index (χ4n) is 2.01. The predicted octanol–water partition coefficient (Wildman–Crippen LogP) is 3.62. The SMILES string of the molecule is C=CCN(c1ccc([C@H](C)N)cc1Br)C1CC1. The van der Waals surface area contributed by atoms with Gasteiger partial charge in [-0.1, -0.05) is 12.1 Å². The van der Waals surface area contributed by atoms with Gasteiger partial charge >= 0.3 is 0 Å². The van der Waals surface area contributed by atoms with E-state index in [1.54, 1.807) is 0 Å². The van der Waals surface area contributed by atoms with Gasteiger partial charge in [0.15, 0.2) is 0 Å². The average molecular weight is 295 g/mol. The van der Waals surface area contributed by atoms with Gasteiger partial charge in [-0.3, -0.25) is 0 Å². The molecule has 1 atom stereocenters. The smallest absolute Gasteiger partial charge is 0.0516 e. The van der Waals surface area contributed by atoms with E-state index in [1.807, 2.05) is 13.0 Å². The summed E-state index contributed by atoms with van der Waals surface area (Å²) in [6, 6.07) is 7.16. The van der Waals surface area contributed by atoms with Crippen LogP contribution in [0.4, 0.5) is 5.69 Å². The van der Waals surface area contributed by atoms with E-state index >= 15 is 0 Å². The lowest BCUT2D eigenvalue weighted by atomic mass is 10.1. The summed E-state index contributed by atoms with van der Waals surface area (Å²) in [5.74, 6) is 0. The molecular weight excluding hydrogens is 276 g/mol. The normalized spacial score (nSPS) is 16.6. The van der Waals surface area contributed by atoms with E-state index in [1.165, 1.54) is 18.5 Å². The topological polar surface area (TPSA) is 29.3 Å². The van der Waals surface area contributed by atoms with Crippen LogP contribution in [0, 0.1) is 0 Å². The van der Waals surface area contributed by atoms with Crippen molar-refractivity contribution >= 4 is 21.6 Å². The molecule has 0 radical (unpaired) electrons. The number of nitrogens with two attached hydrogens (primary N) is 1. The van der Waals surface area contributed by atoms with E-state index in [0.29, 0.717) is 6.04 Å². The summed E-state index contributed by atoms with van der Waals surface area (Å²) in [4.78, 5) is 2.40. The van der Waals surface area contributed by atoms with E-state index in [0.717, 1.165) is 16.6 Å². The quantitative estimate of drug-likeness (QED) is 0.841. The van der Waals surface area contributed by atoms with Crippen LogP contribution in [0.2, 0.25) is 0 Å². The van der Waals surface area contributed by atoms with Gasteiger partial charge in [-0.2, -0.15) is 0 Å². The molecule has 0 heterocycles. The molecule has 0 aliphatic heterocycles. The Labute approximate surface area is 112 Å². The standard InChI is InChI=1S/C14H19BrN2/c1-3-8-17(12-5-6-12)14-7-4-11(10(2)16)9-13(14)15/h3-4,7,9-10,12H,1,5-6,8,16H2,2H3/t10-/m0/s1.